The second-order valence-electron chi connectivity index (χ2n) is 7.95. The fourth-order valence-electron chi connectivity index (χ4n) is 5.30. The van der Waals surface area contributed by atoms with Crippen LogP contribution in [0.2, 0.25) is 16.6 Å². The first-order valence-electron chi connectivity index (χ1n) is 8.91. The minimum Gasteiger partial charge on any atom is -0.465 e. The molecule has 0 spiro atoms. The summed E-state index contributed by atoms with van der Waals surface area (Å²) >= 11 is 0. The molecule has 0 saturated heterocycles. The third kappa shape index (κ3) is 2.75. The zero-order valence-electron chi connectivity index (χ0n) is 16.0. The van der Waals surface area contributed by atoms with E-state index in [2.05, 4.69) is 41.5 Å². The summed E-state index contributed by atoms with van der Waals surface area (Å²) in [7, 11) is -0.541. The van der Waals surface area contributed by atoms with E-state index in [1.165, 1.54) is 7.11 Å². The van der Waals surface area contributed by atoms with Crippen molar-refractivity contribution in [1.29, 1.82) is 0 Å². The van der Waals surface area contributed by atoms with Gasteiger partial charge in [0.2, 0.25) is 0 Å². The van der Waals surface area contributed by atoms with Crippen LogP contribution in [0.25, 0.3) is 0 Å². The fourth-order valence-corrected chi connectivity index (χ4v) is 12.8. The number of carbonyl (C=O) groups is 2. The molecule has 0 N–H and O–H groups in total. The lowest BCUT2D eigenvalue weighted by Crippen LogP contribution is -2.52. The Kier molecular flexibility index (Phi) is 5.38. The van der Waals surface area contributed by atoms with E-state index >= 15 is 0 Å². The third-order valence-electron chi connectivity index (χ3n) is 6.06. The average Bonchev–Trinajstić information content (AvgIpc) is 2.82. The number of ketones is 1. The quantitative estimate of drug-likeness (QED) is 0.562. The summed E-state index contributed by atoms with van der Waals surface area (Å²) in [6, 6.07) is 5.68. The van der Waals surface area contributed by atoms with Gasteiger partial charge in [-0.2, -0.15) is 0 Å². The van der Waals surface area contributed by atoms with E-state index in [1.807, 2.05) is 18.2 Å². The highest BCUT2D eigenvalue weighted by molar-refractivity contribution is 6.87. The highest BCUT2D eigenvalue weighted by Crippen LogP contribution is 2.53. The first-order valence-corrected chi connectivity index (χ1v) is 11.2. The highest BCUT2D eigenvalue weighted by atomic mass is 28.3. The van der Waals surface area contributed by atoms with Crippen molar-refractivity contribution in [2.45, 2.75) is 70.1 Å². The van der Waals surface area contributed by atoms with Gasteiger partial charge in [0.25, 0.3) is 0 Å². The molecule has 3 nitrogen and oxygen atoms in total. The lowest BCUT2D eigenvalue weighted by atomic mass is 10.1. The molecule has 0 aromatic heterocycles. The molecule has 1 unspecified atom stereocenters. The summed E-state index contributed by atoms with van der Waals surface area (Å²) in [6.07, 6.45) is 0.450. The van der Waals surface area contributed by atoms with E-state index < -0.39 is 8.07 Å². The molecule has 0 amide bonds. The topological polar surface area (TPSA) is 43.4 Å². The fraction of sp³-hybridized carbons (Fsp3) is 0.600. The van der Waals surface area contributed by atoms with Gasteiger partial charge in [0.15, 0.2) is 0 Å². The van der Waals surface area contributed by atoms with Gasteiger partial charge in [-0.15, -0.1) is 0 Å². The van der Waals surface area contributed by atoms with Crippen molar-refractivity contribution in [3.05, 3.63) is 34.9 Å². The second kappa shape index (κ2) is 6.83. The van der Waals surface area contributed by atoms with Gasteiger partial charge < -0.3 is 4.74 Å². The van der Waals surface area contributed by atoms with Gasteiger partial charge in [-0.3, -0.25) is 4.79 Å². The molecule has 0 aliphatic heterocycles. The van der Waals surface area contributed by atoms with E-state index in [0.29, 0.717) is 34.4 Å². The van der Waals surface area contributed by atoms with Crippen LogP contribution in [0.3, 0.4) is 0 Å². The van der Waals surface area contributed by atoms with Crippen molar-refractivity contribution in [1.82, 2.24) is 0 Å². The van der Waals surface area contributed by atoms with Crippen LogP contribution in [-0.4, -0.2) is 26.9 Å². The zero-order valence-corrected chi connectivity index (χ0v) is 17.0. The monoisotopic (exact) mass is 346 g/mol. The molecule has 0 heterocycles. The first-order chi connectivity index (χ1) is 11.2. The van der Waals surface area contributed by atoms with Crippen LogP contribution in [0, 0.1) is 0 Å². The van der Waals surface area contributed by atoms with Crippen molar-refractivity contribution in [2.75, 3.05) is 7.11 Å². The van der Waals surface area contributed by atoms with E-state index in [4.69, 9.17) is 4.74 Å². The highest BCUT2D eigenvalue weighted by Gasteiger charge is 2.54. The molecule has 0 fully saturated rings. The van der Waals surface area contributed by atoms with Crippen LogP contribution in [-0.2, 0) is 16.0 Å². The average molecular weight is 347 g/mol. The Balaban J connectivity index is 2.61. The Morgan fingerprint density at radius 2 is 1.62 bits per heavy atom. The van der Waals surface area contributed by atoms with Gasteiger partial charge in [0.05, 0.1) is 20.7 Å². The lowest BCUT2D eigenvalue weighted by molar-refractivity contribution is -0.117. The Hall–Kier alpha value is -1.42. The molecule has 2 rings (SSSR count). The smallest absolute Gasteiger partial charge is 0.337 e. The van der Waals surface area contributed by atoms with Gasteiger partial charge in [-0.05, 0) is 39.9 Å². The molecule has 4 heteroatoms. The molecule has 1 aliphatic rings. The van der Waals surface area contributed by atoms with Gasteiger partial charge in [0.1, 0.15) is 5.78 Å². The van der Waals surface area contributed by atoms with Crippen LogP contribution in [0.4, 0.5) is 0 Å². The number of esters is 1. The summed E-state index contributed by atoms with van der Waals surface area (Å²) in [5, 5.41) is 0. The molecule has 1 aliphatic carbocycles. The van der Waals surface area contributed by atoms with Gasteiger partial charge in [-0.1, -0.05) is 47.6 Å². The molecule has 1 atom stereocenters. The number of fused-ring (bicyclic) bond motifs is 1. The van der Waals surface area contributed by atoms with E-state index in [9.17, 15) is 9.59 Å². The molecule has 0 radical (unpaired) electrons. The number of Topliss-reactive ketones (excluding diaryl/α,β-unsaturated/α-hetero) is 1. The minimum absolute atomic E-state index is 0.0409. The number of rotatable bonds is 5. The standard InChI is InChI=1S/C20H30O3Si/c1-12(2)24(13(3)4,14(5)6)19-17-9-8-15(20(22)23-7)10-16(17)11-18(19)21/h8-10,12-14,19H,11H2,1-7H3. The summed E-state index contributed by atoms with van der Waals surface area (Å²) in [6.45, 7) is 13.8. The number of benzene rings is 1. The van der Waals surface area contributed by atoms with Crippen molar-refractivity contribution in [3.63, 3.8) is 0 Å². The number of carbonyl (C=O) groups excluding carboxylic acids is 2. The van der Waals surface area contributed by atoms with Gasteiger partial charge in [-0.25, -0.2) is 4.79 Å². The summed E-state index contributed by atoms with van der Waals surface area (Å²) in [4.78, 5) is 24.9. The summed E-state index contributed by atoms with van der Waals surface area (Å²) < 4.78 is 4.82. The molecular formula is C20H30O3Si. The van der Waals surface area contributed by atoms with Crippen LogP contribution in [0.15, 0.2) is 18.2 Å². The Bertz CT molecular complexity index is 625. The van der Waals surface area contributed by atoms with E-state index in [0.717, 1.165) is 11.1 Å². The minimum atomic E-state index is -1.93. The van der Waals surface area contributed by atoms with Crippen molar-refractivity contribution >= 4 is 19.8 Å². The molecular weight excluding hydrogens is 316 g/mol. The third-order valence-corrected chi connectivity index (χ3v) is 13.7. The molecule has 0 saturated carbocycles. The van der Waals surface area contributed by atoms with Crippen LogP contribution >= 0.6 is 0 Å². The molecule has 1 aromatic carbocycles. The maximum atomic E-state index is 13.1. The molecule has 1 aromatic rings. The SMILES string of the molecule is COC(=O)c1ccc2c(c1)CC(=O)C2[Si](C(C)C)(C(C)C)C(C)C. The van der Waals surface area contributed by atoms with E-state index in [1.54, 1.807) is 0 Å². The number of hydrogen-bond donors (Lipinski definition) is 0. The number of hydrogen-bond acceptors (Lipinski definition) is 3. The molecule has 0 bridgehead atoms. The lowest BCUT2D eigenvalue weighted by Gasteiger charge is -2.47. The van der Waals surface area contributed by atoms with Gasteiger partial charge >= 0.3 is 5.97 Å². The molecule has 132 valence electrons. The Labute approximate surface area is 146 Å². The summed E-state index contributed by atoms with van der Waals surface area (Å²) in [5.41, 5.74) is 4.34. The predicted molar refractivity (Wildman–Crippen MR) is 100 cm³/mol. The number of methoxy groups -OCH3 is 1. The largest absolute Gasteiger partial charge is 0.465 e. The maximum absolute atomic E-state index is 13.1. The van der Waals surface area contributed by atoms with Crippen LogP contribution in [0.5, 0.6) is 0 Å². The van der Waals surface area contributed by atoms with E-state index in [-0.39, 0.29) is 11.5 Å². The number of ether oxygens (including phenoxy) is 1. The normalized spacial score (nSPS) is 17.8. The maximum Gasteiger partial charge on any atom is 0.337 e. The van der Waals surface area contributed by atoms with Crippen LogP contribution in [0.1, 0.15) is 68.6 Å². The predicted octanol–water partition coefficient (Wildman–Crippen LogP) is 4.90. The van der Waals surface area contributed by atoms with Crippen molar-refractivity contribution in [3.8, 4) is 0 Å². The summed E-state index contributed by atoms with van der Waals surface area (Å²) in [5.74, 6) is 0.00330. The first kappa shape index (κ1) is 18.9. The second-order valence-corrected chi connectivity index (χ2v) is 14.0. The van der Waals surface area contributed by atoms with Crippen molar-refractivity contribution in [2.24, 2.45) is 0 Å². The Morgan fingerprint density at radius 1 is 1.08 bits per heavy atom. The van der Waals surface area contributed by atoms with Crippen LogP contribution < -0.4 is 0 Å². The Morgan fingerprint density at radius 3 is 2.08 bits per heavy atom. The van der Waals surface area contributed by atoms with Crippen molar-refractivity contribution < 1.29 is 14.3 Å². The zero-order chi connectivity index (χ0) is 18.2. The molecule has 24 heavy (non-hydrogen) atoms. The van der Waals surface area contributed by atoms with Gasteiger partial charge in [0, 0.05) is 12.0 Å².